The van der Waals surface area contributed by atoms with Crippen LogP contribution in [0.5, 0.6) is 11.5 Å². The zero-order valence-electron chi connectivity index (χ0n) is 18.2. The van der Waals surface area contributed by atoms with Gasteiger partial charge in [-0.15, -0.1) is 10.2 Å². The van der Waals surface area contributed by atoms with E-state index >= 15 is 0 Å². The molecular formula is C23H23N5O4. The lowest BCUT2D eigenvalue weighted by Crippen LogP contribution is -2.07. The molecule has 0 amide bonds. The van der Waals surface area contributed by atoms with Crippen molar-refractivity contribution in [3.8, 4) is 11.5 Å². The number of azo groups is 2. The molecule has 0 bridgehead atoms. The van der Waals surface area contributed by atoms with Gasteiger partial charge in [0.25, 0.3) is 0 Å². The molecule has 164 valence electrons. The van der Waals surface area contributed by atoms with Crippen LogP contribution in [0.4, 0.5) is 28.4 Å². The molecule has 0 spiro atoms. The first-order chi connectivity index (χ1) is 15.4. The lowest BCUT2D eigenvalue weighted by atomic mass is 10.2. The summed E-state index contributed by atoms with van der Waals surface area (Å²) in [6.07, 6.45) is 0. The number of anilines is 1. The lowest BCUT2D eigenvalue weighted by Gasteiger charge is -2.11. The fraction of sp³-hybridized carbons (Fsp3) is 0.174. The summed E-state index contributed by atoms with van der Waals surface area (Å²) in [4.78, 5) is 13.0. The van der Waals surface area contributed by atoms with Crippen LogP contribution in [0, 0.1) is 0 Å². The second-order valence-electron chi connectivity index (χ2n) is 6.86. The number of ether oxygens (including phenoxy) is 2. The van der Waals surface area contributed by atoms with E-state index in [0.29, 0.717) is 34.2 Å². The molecule has 0 unspecified atom stereocenters. The molecular weight excluding hydrogens is 410 g/mol. The Hall–Kier alpha value is -4.27. The molecule has 3 aromatic carbocycles. The van der Waals surface area contributed by atoms with Gasteiger partial charge in [-0.05, 0) is 48.5 Å². The average Bonchev–Trinajstić information content (AvgIpc) is 2.81. The largest absolute Gasteiger partial charge is 0.494 e. The number of methoxy groups -OCH3 is 2. The van der Waals surface area contributed by atoms with Crippen molar-refractivity contribution < 1.29 is 19.4 Å². The highest BCUT2D eigenvalue weighted by Crippen LogP contribution is 2.41. The van der Waals surface area contributed by atoms with Gasteiger partial charge in [0, 0.05) is 31.9 Å². The number of carboxylic acid groups (broad SMARTS) is 1. The Labute approximate surface area is 185 Å². The van der Waals surface area contributed by atoms with Gasteiger partial charge in [0.1, 0.15) is 22.9 Å². The molecule has 0 atom stereocenters. The van der Waals surface area contributed by atoms with Crippen molar-refractivity contribution in [1.82, 2.24) is 0 Å². The first kappa shape index (κ1) is 22.4. The van der Waals surface area contributed by atoms with Crippen molar-refractivity contribution >= 4 is 34.4 Å². The third-order valence-electron chi connectivity index (χ3n) is 4.51. The highest BCUT2D eigenvalue weighted by Gasteiger charge is 2.11. The molecule has 0 fully saturated rings. The van der Waals surface area contributed by atoms with Gasteiger partial charge in [-0.3, -0.25) is 0 Å². The van der Waals surface area contributed by atoms with Crippen molar-refractivity contribution in [1.29, 1.82) is 0 Å². The van der Waals surface area contributed by atoms with E-state index in [9.17, 15) is 4.79 Å². The molecule has 3 rings (SSSR count). The number of nitrogens with zero attached hydrogens (tertiary/aromatic N) is 5. The minimum Gasteiger partial charge on any atom is -0.494 e. The SMILES string of the molecule is COc1cc(/N=N/c2ccc(N(C)C)cc2)c(OC)cc1/N=N/c1ccc(C(=O)O)cc1. The van der Waals surface area contributed by atoms with Crippen LogP contribution in [0.25, 0.3) is 0 Å². The zero-order chi connectivity index (χ0) is 23.1. The summed E-state index contributed by atoms with van der Waals surface area (Å²) >= 11 is 0. The quantitative estimate of drug-likeness (QED) is 0.419. The summed E-state index contributed by atoms with van der Waals surface area (Å²) in [5.41, 5.74) is 3.35. The number of carboxylic acids is 1. The van der Waals surface area contributed by atoms with Crippen LogP contribution >= 0.6 is 0 Å². The Morgan fingerprint density at radius 2 is 1.19 bits per heavy atom. The van der Waals surface area contributed by atoms with E-state index in [1.165, 1.54) is 26.4 Å². The highest BCUT2D eigenvalue weighted by molar-refractivity contribution is 5.87. The van der Waals surface area contributed by atoms with Gasteiger partial charge >= 0.3 is 5.97 Å². The first-order valence-corrected chi connectivity index (χ1v) is 9.61. The molecule has 0 saturated carbocycles. The van der Waals surface area contributed by atoms with Gasteiger partial charge in [0.2, 0.25) is 0 Å². The van der Waals surface area contributed by atoms with Gasteiger partial charge in [-0.1, -0.05) is 0 Å². The number of benzene rings is 3. The topological polar surface area (TPSA) is 108 Å². The van der Waals surface area contributed by atoms with E-state index in [1.807, 2.05) is 43.3 Å². The summed E-state index contributed by atoms with van der Waals surface area (Å²) in [5, 5.41) is 25.9. The Balaban J connectivity index is 1.86. The number of carbonyl (C=O) groups is 1. The third-order valence-corrected chi connectivity index (χ3v) is 4.51. The van der Waals surface area contributed by atoms with Crippen LogP contribution in [0.3, 0.4) is 0 Å². The van der Waals surface area contributed by atoms with Crippen molar-refractivity contribution in [3.63, 3.8) is 0 Å². The molecule has 0 aromatic heterocycles. The van der Waals surface area contributed by atoms with E-state index in [-0.39, 0.29) is 5.56 Å². The molecule has 0 aliphatic heterocycles. The maximum atomic E-state index is 11.0. The summed E-state index contributed by atoms with van der Waals surface area (Å²) in [5.74, 6) is -0.110. The number of aromatic carboxylic acids is 1. The average molecular weight is 433 g/mol. The standard InChI is InChI=1S/C23H23N5O4/c1-28(2)18-11-9-17(10-12-18)25-27-20-14-21(31-3)19(13-22(20)32-4)26-24-16-7-5-15(6-8-16)23(29)30/h5-14H,1-4H3,(H,29,30)/b26-24+,27-25+. The third kappa shape index (κ3) is 5.45. The van der Waals surface area contributed by atoms with E-state index < -0.39 is 5.97 Å². The van der Waals surface area contributed by atoms with E-state index in [1.54, 1.807) is 24.3 Å². The molecule has 0 radical (unpaired) electrons. The van der Waals surface area contributed by atoms with E-state index in [2.05, 4.69) is 20.5 Å². The summed E-state index contributed by atoms with van der Waals surface area (Å²) in [7, 11) is 6.98. The maximum Gasteiger partial charge on any atom is 0.335 e. The summed E-state index contributed by atoms with van der Waals surface area (Å²) in [6, 6.07) is 17.0. The normalized spacial score (nSPS) is 11.1. The van der Waals surface area contributed by atoms with Crippen molar-refractivity contribution in [2.45, 2.75) is 0 Å². The molecule has 0 heterocycles. The minimum absolute atomic E-state index is 0.175. The van der Waals surface area contributed by atoms with Gasteiger partial charge in [-0.25, -0.2) is 4.79 Å². The van der Waals surface area contributed by atoms with Crippen molar-refractivity contribution in [3.05, 3.63) is 66.2 Å². The fourth-order valence-electron chi connectivity index (χ4n) is 2.73. The zero-order valence-corrected chi connectivity index (χ0v) is 18.2. The predicted molar refractivity (Wildman–Crippen MR) is 122 cm³/mol. The molecule has 0 aliphatic rings. The lowest BCUT2D eigenvalue weighted by molar-refractivity contribution is 0.0697. The molecule has 9 heteroatoms. The second-order valence-corrected chi connectivity index (χ2v) is 6.86. The number of rotatable bonds is 8. The van der Waals surface area contributed by atoms with Crippen LogP contribution < -0.4 is 14.4 Å². The first-order valence-electron chi connectivity index (χ1n) is 9.61. The predicted octanol–water partition coefficient (Wildman–Crippen LogP) is 6.30. The van der Waals surface area contributed by atoms with Crippen LogP contribution in [0.2, 0.25) is 0 Å². The Bertz CT molecular complexity index is 1140. The molecule has 0 aliphatic carbocycles. The van der Waals surface area contributed by atoms with E-state index in [0.717, 1.165) is 5.69 Å². The summed E-state index contributed by atoms with van der Waals surface area (Å²) in [6.45, 7) is 0. The number of hydrogen-bond donors (Lipinski definition) is 1. The van der Waals surface area contributed by atoms with Gasteiger partial charge in [0.05, 0.1) is 31.2 Å². The van der Waals surface area contributed by atoms with Crippen molar-refractivity contribution in [2.24, 2.45) is 20.5 Å². The van der Waals surface area contributed by atoms with Crippen LogP contribution in [-0.4, -0.2) is 39.4 Å². The van der Waals surface area contributed by atoms with Gasteiger partial charge in [0.15, 0.2) is 0 Å². The molecule has 3 aromatic rings. The smallest absolute Gasteiger partial charge is 0.335 e. The highest BCUT2D eigenvalue weighted by atomic mass is 16.5. The monoisotopic (exact) mass is 433 g/mol. The summed E-state index contributed by atoms with van der Waals surface area (Å²) < 4.78 is 10.9. The minimum atomic E-state index is -1.00. The van der Waals surface area contributed by atoms with Crippen LogP contribution in [0.15, 0.2) is 81.1 Å². The number of hydrogen-bond acceptors (Lipinski definition) is 8. The van der Waals surface area contributed by atoms with Crippen LogP contribution in [-0.2, 0) is 0 Å². The van der Waals surface area contributed by atoms with Gasteiger partial charge < -0.3 is 19.5 Å². The van der Waals surface area contributed by atoms with Gasteiger partial charge in [-0.2, -0.15) is 10.2 Å². The van der Waals surface area contributed by atoms with Crippen LogP contribution in [0.1, 0.15) is 10.4 Å². The molecule has 0 saturated heterocycles. The molecule has 32 heavy (non-hydrogen) atoms. The maximum absolute atomic E-state index is 11.0. The van der Waals surface area contributed by atoms with E-state index in [4.69, 9.17) is 14.6 Å². The Morgan fingerprint density at radius 3 is 1.56 bits per heavy atom. The molecule has 9 nitrogen and oxygen atoms in total. The molecule has 1 N–H and O–H groups in total. The second kappa shape index (κ2) is 10.2. The fourth-order valence-corrected chi connectivity index (χ4v) is 2.73. The van der Waals surface area contributed by atoms with Crippen molar-refractivity contribution in [2.75, 3.05) is 33.2 Å². The Morgan fingerprint density at radius 1 is 0.750 bits per heavy atom. The Kier molecular flexibility index (Phi) is 7.12.